The molecule has 0 fully saturated rings. The molecule has 0 rings (SSSR count). The molecule has 0 aliphatic carbocycles. The average Bonchev–Trinajstić information content (AvgIpc) is 1.67. The lowest BCUT2D eigenvalue weighted by atomic mass is 10.8. The minimum absolute atomic E-state index is 0.337. The van der Waals surface area contributed by atoms with Crippen LogP contribution in [0.25, 0.3) is 0 Å². The predicted molar refractivity (Wildman–Crippen MR) is 37.3 cm³/mol. The lowest BCUT2D eigenvalue weighted by Gasteiger charge is -2.29. The lowest BCUT2D eigenvalue weighted by molar-refractivity contribution is 0.489. The van der Waals surface area contributed by atoms with Gasteiger partial charge in [-0.1, -0.05) is 0 Å². The van der Waals surface area contributed by atoms with Crippen molar-refractivity contribution in [1.82, 2.24) is 0 Å². The van der Waals surface area contributed by atoms with Gasteiger partial charge in [-0.3, -0.25) is 9.11 Å². The van der Waals surface area contributed by atoms with Gasteiger partial charge in [-0.15, -0.1) is 0 Å². The van der Waals surface area contributed by atoms with Crippen molar-refractivity contribution >= 4 is 10.6 Å². The second kappa shape index (κ2) is 3.29. The first-order valence-electron chi connectivity index (χ1n) is 2.56. The van der Waals surface area contributed by atoms with Crippen molar-refractivity contribution < 1.29 is 9.11 Å². The van der Waals surface area contributed by atoms with Crippen LogP contribution in [0.1, 0.15) is 6.92 Å². The molecule has 8 heavy (non-hydrogen) atoms. The Morgan fingerprint density at radius 2 is 2.00 bits per heavy atom. The molecule has 0 amide bonds. The van der Waals surface area contributed by atoms with Gasteiger partial charge in [0.2, 0.25) is 0 Å². The second-order valence-corrected chi connectivity index (χ2v) is 4.17. The van der Waals surface area contributed by atoms with E-state index in [0.29, 0.717) is 18.1 Å². The molecule has 0 aromatic heterocycles. The average molecular weight is 139 g/mol. The summed E-state index contributed by atoms with van der Waals surface area (Å²) in [5.74, 6) is 0.758. The van der Waals surface area contributed by atoms with Crippen LogP contribution < -0.4 is 5.73 Å². The Morgan fingerprint density at radius 1 is 1.50 bits per heavy atom. The third-order valence-corrected chi connectivity index (χ3v) is 2.72. The Balaban J connectivity index is 3.37. The Labute approximate surface area is 51.2 Å². The molecule has 4 heteroatoms. The predicted octanol–water partition coefficient (Wildman–Crippen LogP) is 0.716. The summed E-state index contributed by atoms with van der Waals surface area (Å²) >= 11 is 0. The van der Waals surface area contributed by atoms with Crippen LogP contribution in [-0.2, 0) is 0 Å². The maximum Gasteiger partial charge on any atom is 0.0496 e. The molecule has 52 valence electrons. The van der Waals surface area contributed by atoms with Crippen LogP contribution in [0.3, 0.4) is 0 Å². The van der Waals surface area contributed by atoms with Crippen LogP contribution in [-0.4, -0.2) is 27.2 Å². The molecule has 0 aliphatic rings. The van der Waals surface area contributed by atoms with Crippen LogP contribution in [0.2, 0.25) is 0 Å². The van der Waals surface area contributed by atoms with Gasteiger partial charge in [-0.2, -0.15) is 10.6 Å². The van der Waals surface area contributed by atoms with Gasteiger partial charge in [0, 0.05) is 18.1 Å². The van der Waals surface area contributed by atoms with Gasteiger partial charge in [0.15, 0.2) is 0 Å². The van der Waals surface area contributed by atoms with E-state index in [1.165, 1.54) is 0 Å². The highest BCUT2D eigenvalue weighted by Gasteiger charge is 2.05. The Bertz CT molecular complexity index is 67.1. The van der Waals surface area contributed by atoms with Crippen molar-refractivity contribution in [1.29, 1.82) is 0 Å². The molecule has 0 aliphatic heterocycles. The molecule has 0 aromatic rings. The first kappa shape index (κ1) is 8.23. The van der Waals surface area contributed by atoms with Crippen molar-refractivity contribution in [2.24, 2.45) is 5.73 Å². The van der Waals surface area contributed by atoms with Gasteiger partial charge in [0.1, 0.15) is 0 Å². The molecule has 3 nitrogen and oxygen atoms in total. The Morgan fingerprint density at radius 3 is 2.12 bits per heavy atom. The summed E-state index contributed by atoms with van der Waals surface area (Å²) in [4.78, 5) is 0. The van der Waals surface area contributed by atoms with Crippen molar-refractivity contribution in [3.8, 4) is 0 Å². The van der Waals surface area contributed by atoms with Crippen molar-refractivity contribution in [2.45, 2.75) is 6.92 Å². The number of nitrogens with two attached hydrogens (primary N) is 1. The van der Waals surface area contributed by atoms with E-state index in [9.17, 15) is 0 Å². The van der Waals surface area contributed by atoms with Crippen LogP contribution in [0.15, 0.2) is 0 Å². The molecular formula is C4H13NO2S. The second-order valence-electron chi connectivity index (χ2n) is 1.58. The summed E-state index contributed by atoms with van der Waals surface area (Å²) in [5.41, 5.74) is 5.09. The van der Waals surface area contributed by atoms with E-state index in [1.54, 1.807) is 6.92 Å². The zero-order valence-corrected chi connectivity index (χ0v) is 5.82. The molecule has 0 saturated carbocycles. The fourth-order valence-electron chi connectivity index (χ4n) is 0.333. The molecular weight excluding hydrogens is 126 g/mol. The topological polar surface area (TPSA) is 66.5 Å². The number of rotatable bonds is 3. The molecule has 0 spiro atoms. The Hall–Kier alpha value is 0.230. The largest absolute Gasteiger partial charge is 0.329 e. The number of hydrogen-bond acceptors (Lipinski definition) is 3. The fraction of sp³-hybridized carbons (Fsp3) is 1.00. The molecule has 0 saturated heterocycles. The number of hydrogen-bond donors (Lipinski definition) is 3. The molecule has 4 N–H and O–H groups in total. The minimum Gasteiger partial charge on any atom is -0.329 e. The summed E-state index contributed by atoms with van der Waals surface area (Å²) in [5, 5.41) is 0. The van der Waals surface area contributed by atoms with E-state index < -0.39 is 10.6 Å². The van der Waals surface area contributed by atoms with E-state index in [2.05, 4.69) is 0 Å². The van der Waals surface area contributed by atoms with E-state index in [1.807, 2.05) is 0 Å². The van der Waals surface area contributed by atoms with Gasteiger partial charge in [0.05, 0.1) is 0 Å². The first-order valence-corrected chi connectivity index (χ1v) is 4.44. The first-order chi connectivity index (χ1) is 3.62. The zero-order chi connectivity index (χ0) is 6.62. The van der Waals surface area contributed by atoms with Gasteiger partial charge in [-0.25, -0.2) is 0 Å². The minimum atomic E-state index is -2.29. The molecule has 0 unspecified atom stereocenters. The highest BCUT2D eigenvalue weighted by Crippen LogP contribution is 2.36. The molecule has 0 heterocycles. The monoisotopic (exact) mass is 139 g/mol. The normalized spacial score (nSPS) is 14.0. The lowest BCUT2D eigenvalue weighted by Crippen LogP contribution is -2.13. The molecule has 0 bridgehead atoms. The highest BCUT2D eigenvalue weighted by atomic mass is 32.3. The molecule has 0 aromatic carbocycles. The summed E-state index contributed by atoms with van der Waals surface area (Å²) in [6, 6.07) is 0. The molecule has 0 atom stereocenters. The standard InChI is InChI=1S/C4H13NO2S/c1-2-8(6,7)4-3-5/h6-7H,2-5H2,1H3. The van der Waals surface area contributed by atoms with Crippen LogP contribution in [0.4, 0.5) is 0 Å². The third kappa shape index (κ3) is 3.26. The van der Waals surface area contributed by atoms with Crippen LogP contribution in [0.5, 0.6) is 0 Å². The van der Waals surface area contributed by atoms with E-state index in [0.717, 1.165) is 0 Å². The fourth-order valence-corrected chi connectivity index (χ4v) is 0.999. The maximum absolute atomic E-state index is 8.88. The van der Waals surface area contributed by atoms with E-state index in [-0.39, 0.29) is 0 Å². The van der Waals surface area contributed by atoms with Crippen LogP contribution in [0, 0.1) is 0 Å². The Kier molecular flexibility index (Phi) is 3.39. The summed E-state index contributed by atoms with van der Waals surface area (Å²) in [6.07, 6.45) is 0. The van der Waals surface area contributed by atoms with Gasteiger partial charge >= 0.3 is 0 Å². The zero-order valence-electron chi connectivity index (χ0n) is 5.00. The van der Waals surface area contributed by atoms with Crippen molar-refractivity contribution in [3.05, 3.63) is 0 Å². The highest BCUT2D eigenvalue weighted by molar-refractivity contribution is 8.24. The smallest absolute Gasteiger partial charge is 0.0496 e. The maximum atomic E-state index is 8.88. The van der Waals surface area contributed by atoms with Gasteiger partial charge in [-0.05, 0) is 6.92 Å². The quantitative estimate of drug-likeness (QED) is 0.539. The van der Waals surface area contributed by atoms with E-state index >= 15 is 0 Å². The summed E-state index contributed by atoms with van der Waals surface area (Å²) in [6.45, 7) is 2.10. The summed E-state index contributed by atoms with van der Waals surface area (Å²) in [7, 11) is -2.29. The van der Waals surface area contributed by atoms with Crippen molar-refractivity contribution in [2.75, 3.05) is 18.1 Å². The van der Waals surface area contributed by atoms with Crippen LogP contribution >= 0.6 is 10.6 Å². The van der Waals surface area contributed by atoms with E-state index in [4.69, 9.17) is 14.8 Å². The van der Waals surface area contributed by atoms with Gasteiger partial charge in [0.25, 0.3) is 0 Å². The summed E-state index contributed by atoms with van der Waals surface area (Å²) < 4.78 is 17.8. The third-order valence-electron chi connectivity index (χ3n) is 0.907. The van der Waals surface area contributed by atoms with Gasteiger partial charge < -0.3 is 5.73 Å². The van der Waals surface area contributed by atoms with Crippen molar-refractivity contribution in [3.63, 3.8) is 0 Å². The SMILES string of the molecule is CCS(O)(O)CCN. The molecule has 0 radical (unpaired) electrons.